The minimum atomic E-state index is 0.622. The van der Waals surface area contributed by atoms with Crippen LogP contribution >= 0.6 is 0 Å². The van der Waals surface area contributed by atoms with Crippen LogP contribution in [-0.2, 0) is 0 Å². The van der Waals surface area contributed by atoms with Crippen LogP contribution < -0.4 is 10.6 Å². The van der Waals surface area contributed by atoms with Gasteiger partial charge in [0, 0.05) is 12.2 Å². The van der Waals surface area contributed by atoms with E-state index >= 15 is 0 Å². The van der Waals surface area contributed by atoms with Crippen molar-refractivity contribution in [3.8, 4) is 6.07 Å². The Morgan fingerprint density at radius 1 is 1.16 bits per heavy atom. The molecule has 0 saturated carbocycles. The number of nitriles is 1. The number of rotatable bonds is 3. The van der Waals surface area contributed by atoms with E-state index in [1.165, 1.54) is 5.56 Å². The fraction of sp³-hybridized carbons (Fsp3) is 0.188. The third-order valence-electron chi connectivity index (χ3n) is 3.17. The highest BCUT2D eigenvalue weighted by Crippen LogP contribution is 2.32. The summed E-state index contributed by atoms with van der Waals surface area (Å²) in [5.74, 6) is 0. The predicted molar refractivity (Wildman–Crippen MR) is 79.4 cm³/mol. The van der Waals surface area contributed by atoms with E-state index in [-0.39, 0.29) is 0 Å². The van der Waals surface area contributed by atoms with E-state index in [1.54, 1.807) is 12.1 Å². The zero-order chi connectivity index (χ0) is 13.8. The molecule has 0 aliphatic carbocycles. The maximum absolute atomic E-state index is 9.02. The van der Waals surface area contributed by atoms with Gasteiger partial charge in [-0.25, -0.2) is 0 Å². The number of hydrogen-bond acceptors (Lipinski definition) is 3. The van der Waals surface area contributed by atoms with E-state index in [0.717, 1.165) is 17.9 Å². The maximum Gasteiger partial charge on any atom is 0.0992 e. The van der Waals surface area contributed by atoms with Gasteiger partial charge < -0.3 is 10.6 Å². The number of para-hydroxylation sites is 1. The molecule has 0 atom stereocenters. The van der Waals surface area contributed by atoms with Crippen LogP contribution in [0.5, 0.6) is 0 Å². The van der Waals surface area contributed by atoms with Crippen LogP contribution in [0.1, 0.15) is 18.1 Å². The second-order valence-electron chi connectivity index (χ2n) is 4.42. The lowest BCUT2D eigenvalue weighted by Gasteiger charge is -2.26. The molecule has 0 unspecified atom stereocenters. The standard InChI is InChI=1S/C16H17N3/c1-3-19(15-7-5-4-6-12(15)2)16-10-13(11-17)8-9-14(16)18/h4-10H,3,18H2,1-2H3. The van der Waals surface area contributed by atoms with Gasteiger partial charge in [0.1, 0.15) is 0 Å². The summed E-state index contributed by atoms with van der Waals surface area (Å²) < 4.78 is 0. The highest BCUT2D eigenvalue weighted by molar-refractivity contribution is 5.77. The number of nitrogens with zero attached hydrogens (tertiary/aromatic N) is 2. The minimum absolute atomic E-state index is 0.622. The molecule has 2 aromatic carbocycles. The summed E-state index contributed by atoms with van der Waals surface area (Å²) >= 11 is 0. The van der Waals surface area contributed by atoms with E-state index in [2.05, 4.69) is 36.9 Å². The first-order valence-corrected chi connectivity index (χ1v) is 6.30. The van der Waals surface area contributed by atoms with Crippen LogP contribution in [0, 0.1) is 18.3 Å². The molecule has 3 heteroatoms. The van der Waals surface area contributed by atoms with Crippen molar-refractivity contribution >= 4 is 17.1 Å². The lowest BCUT2D eigenvalue weighted by atomic mass is 10.1. The molecule has 96 valence electrons. The molecule has 0 fully saturated rings. The zero-order valence-electron chi connectivity index (χ0n) is 11.2. The van der Waals surface area contributed by atoms with Crippen molar-refractivity contribution in [1.29, 1.82) is 5.26 Å². The van der Waals surface area contributed by atoms with Gasteiger partial charge in [-0.15, -0.1) is 0 Å². The van der Waals surface area contributed by atoms with E-state index < -0.39 is 0 Å². The molecule has 2 N–H and O–H groups in total. The molecular formula is C16H17N3. The highest BCUT2D eigenvalue weighted by Gasteiger charge is 2.12. The van der Waals surface area contributed by atoms with E-state index in [1.807, 2.05) is 18.2 Å². The van der Waals surface area contributed by atoms with Gasteiger partial charge in [0.05, 0.1) is 23.0 Å². The molecule has 2 rings (SSSR count). The number of aryl methyl sites for hydroxylation is 1. The molecule has 0 amide bonds. The number of nitrogen functional groups attached to an aromatic ring is 1. The summed E-state index contributed by atoms with van der Waals surface area (Å²) in [6.45, 7) is 4.94. The Bertz CT molecular complexity index is 626. The normalized spacial score (nSPS) is 9.95. The molecule has 3 nitrogen and oxygen atoms in total. The smallest absolute Gasteiger partial charge is 0.0992 e. The fourth-order valence-corrected chi connectivity index (χ4v) is 2.18. The summed E-state index contributed by atoms with van der Waals surface area (Å²) in [6.07, 6.45) is 0. The molecule has 0 bridgehead atoms. The summed E-state index contributed by atoms with van der Waals surface area (Å²) in [5.41, 5.74) is 10.6. The van der Waals surface area contributed by atoms with E-state index in [9.17, 15) is 0 Å². The van der Waals surface area contributed by atoms with Crippen molar-refractivity contribution < 1.29 is 0 Å². The van der Waals surface area contributed by atoms with Crippen LogP contribution in [0.15, 0.2) is 42.5 Å². The molecule has 2 aromatic rings. The van der Waals surface area contributed by atoms with Gasteiger partial charge in [-0.3, -0.25) is 0 Å². The van der Waals surface area contributed by atoms with Crippen LogP contribution in [0.2, 0.25) is 0 Å². The predicted octanol–water partition coefficient (Wildman–Crippen LogP) is 3.61. The van der Waals surface area contributed by atoms with Crippen molar-refractivity contribution in [2.24, 2.45) is 0 Å². The number of benzene rings is 2. The Labute approximate surface area is 113 Å². The lowest BCUT2D eigenvalue weighted by Crippen LogP contribution is -2.18. The summed E-state index contributed by atoms with van der Waals surface area (Å²) in [4.78, 5) is 2.13. The van der Waals surface area contributed by atoms with Gasteiger partial charge in [-0.1, -0.05) is 18.2 Å². The largest absolute Gasteiger partial charge is 0.397 e. The van der Waals surface area contributed by atoms with Crippen LogP contribution in [0.4, 0.5) is 17.1 Å². The second-order valence-corrected chi connectivity index (χ2v) is 4.42. The molecular weight excluding hydrogens is 234 g/mol. The van der Waals surface area contributed by atoms with Crippen LogP contribution in [0.25, 0.3) is 0 Å². The Hall–Kier alpha value is -2.47. The Balaban J connectivity index is 2.55. The van der Waals surface area contributed by atoms with Gasteiger partial charge in [0.15, 0.2) is 0 Å². The van der Waals surface area contributed by atoms with E-state index in [0.29, 0.717) is 11.3 Å². The molecule has 0 heterocycles. The maximum atomic E-state index is 9.02. The average molecular weight is 251 g/mol. The Kier molecular flexibility index (Phi) is 3.72. The fourth-order valence-electron chi connectivity index (χ4n) is 2.18. The third-order valence-corrected chi connectivity index (χ3v) is 3.17. The molecule has 0 aliphatic rings. The van der Waals surface area contributed by atoms with Crippen molar-refractivity contribution in [1.82, 2.24) is 0 Å². The van der Waals surface area contributed by atoms with Crippen molar-refractivity contribution in [3.63, 3.8) is 0 Å². The summed E-state index contributed by atoms with van der Waals surface area (Å²) in [5, 5.41) is 9.02. The average Bonchev–Trinajstić information content (AvgIpc) is 2.43. The molecule has 0 radical (unpaired) electrons. The minimum Gasteiger partial charge on any atom is -0.397 e. The first-order chi connectivity index (χ1) is 9.17. The first kappa shape index (κ1) is 13.0. The third kappa shape index (κ3) is 2.53. The lowest BCUT2D eigenvalue weighted by molar-refractivity contribution is 1.02. The molecule has 0 aromatic heterocycles. The van der Waals surface area contributed by atoms with Gasteiger partial charge in [0.2, 0.25) is 0 Å². The van der Waals surface area contributed by atoms with Gasteiger partial charge in [-0.05, 0) is 43.7 Å². The van der Waals surface area contributed by atoms with Crippen molar-refractivity contribution in [2.45, 2.75) is 13.8 Å². The SMILES string of the molecule is CCN(c1ccccc1C)c1cc(C#N)ccc1N. The Morgan fingerprint density at radius 2 is 1.89 bits per heavy atom. The zero-order valence-corrected chi connectivity index (χ0v) is 11.2. The first-order valence-electron chi connectivity index (χ1n) is 6.30. The summed E-state index contributed by atoms with van der Waals surface area (Å²) in [7, 11) is 0. The molecule has 19 heavy (non-hydrogen) atoms. The monoisotopic (exact) mass is 251 g/mol. The Morgan fingerprint density at radius 3 is 2.53 bits per heavy atom. The second kappa shape index (κ2) is 5.45. The number of hydrogen-bond donors (Lipinski definition) is 1. The highest BCUT2D eigenvalue weighted by atomic mass is 15.1. The molecule has 0 spiro atoms. The van der Waals surface area contributed by atoms with Gasteiger partial charge >= 0.3 is 0 Å². The van der Waals surface area contributed by atoms with Gasteiger partial charge in [-0.2, -0.15) is 5.26 Å². The van der Waals surface area contributed by atoms with Gasteiger partial charge in [0.25, 0.3) is 0 Å². The molecule has 0 aliphatic heterocycles. The quantitative estimate of drug-likeness (QED) is 0.848. The summed E-state index contributed by atoms with van der Waals surface area (Å²) in [6, 6.07) is 15.7. The van der Waals surface area contributed by atoms with Crippen LogP contribution in [-0.4, -0.2) is 6.54 Å². The van der Waals surface area contributed by atoms with Crippen LogP contribution in [0.3, 0.4) is 0 Å². The van der Waals surface area contributed by atoms with Crippen molar-refractivity contribution in [3.05, 3.63) is 53.6 Å². The number of anilines is 3. The number of nitrogens with two attached hydrogens (primary N) is 1. The molecule has 0 saturated heterocycles. The topological polar surface area (TPSA) is 53.0 Å². The van der Waals surface area contributed by atoms with Crippen molar-refractivity contribution in [2.75, 3.05) is 17.2 Å². The van der Waals surface area contributed by atoms with E-state index in [4.69, 9.17) is 11.0 Å².